The molecule has 0 fully saturated rings. The summed E-state index contributed by atoms with van der Waals surface area (Å²) in [5, 5.41) is 0. The van der Waals surface area contributed by atoms with E-state index in [0.717, 1.165) is 12.0 Å². The van der Waals surface area contributed by atoms with Gasteiger partial charge in [0.15, 0.2) is 0 Å². The molecular weight excluding hydrogens is 196 g/mol. The topological polar surface area (TPSA) is 56.0 Å². The number of aryl methyl sites for hydroxylation is 1. The van der Waals surface area contributed by atoms with Crippen molar-refractivity contribution in [2.75, 3.05) is 11.5 Å². The maximum Gasteiger partial charge on any atom is 0.0384 e. The maximum absolute atomic E-state index is 11.4. The molecule has 14 heavy (non-hydrogen) atoms. The molecule has 0 bridgehead atoms. The third-order valence-corrected chi connectivity index (χ3v) is 3.35. The third-order valence-electron chi connectivity index (χ3n) is 1.79. The molecule has 0 aliphatic heterocycles. The van der Waals surface area contributed by atoms with Gasteiger partial charge in [0.1, 0.15) is 0 Å². The summed E-state index contributed by atoms with van der Waals surface area (Å²) in [6.45, 7) is 1.88. The molecule has 2 atom stereocenters. The van der Waals surface area contributed by atoms with Crippen molar-refractivity contribution in [3.8, 4) is 0 Å². The predicted molar refractivity (Wildman–Crippen MR) is 59.5 cm³/mol. The van der Waals surface area contributed by atoms with Crippen LogP contribution in [0, 0.1) is 0 Å². The largest absolute Gasteiger partial charge is 0.327 e. The highest BCUT2D eigenvalue weighted by atomic mass is 32.2. The SMILES string of the molecule is CC(N)CS(=O)CCc1cccnc1. The van der Waals surface area contributed by atoms with Crippen molar-refractivity contribution in [2.24, 2.45) is 5.73 Å². The van der Waals surface area contributed by atoms with Crippen LogP contribution < -0.4 is 5.73 Å². The molecular formula is C10H16N2OS. The van der Waals surface area contributed by atoms with E-state index in [1.165, 1.54) is 0 Å². The second-order valence-corrected chi connectivity index (χ2v) is 5.02. The first-order valence-corrected chi connectivity index (χ1v) is 6.16. The summed E-state index contributed by atoms with van der Waals surface area (Å²) in [5.74, 6) is 1.26. The Kier molecular flexibility index (Phi) is 4.76. The van der Waals surface area contributed by atoms with Crippen molar-refractivity contribution in [3.63, 3.8) is 0 Å². The molecule has 1 aromatic heterocycles. The zero-order chi connectivity index (χ0) is 10.4. The van der Waals surface area contributed by atoms with Crippen LogP contribution in [0.2, 0.25) is 0 Å². The van der Waals surface area contributed by atoms with Gasteiger partial charge in [-0.1, -0.05) is 6.07 Å². The van der Waals surface area contributed by atoms with Gasteiger partial charge in [-0.15, -0.1) is 0 Å². The second-order valence-electron chi connectivity index (χ2n) is 3.40. The minimum atomic E-state index is -0.803. The molecule has 0 aromatic carbocycles. The first kappa shape index (κ1) is 11.3. The Balaban J connectivity index is 2.31. The minimum Gasteiger partial charge on any atom is -0.327 e. The number of rotatable bonds is 5. The van der Waals surface area contributed by atoms with Gasteiger partial charge in [-0.3, -0.25) is 9.19 Å². The molecule has 0 saturated carbocycles. The highest BCUT2D eigenvalue weighted by molar-refractivity contribution is 7.85. The van der Waals surface area contributed by atoms with E-state index in [2.05, 4.69) is 4.98 Å². The van der Waals surface area contributed by atoms with Gasteiger partial charge in [-0.05, 0) is 25.0 Å². The standard InChI is InChI=1S/C10H16N2OS/c1-9(11)8-14(13)6-4-10-3-2-5-12-7-10/h2-3,5,7,9H,4,6,8,11H2,1H3. The van der Waals surface area contributed by atoms with Crippen molar-refractivity contribution >= 4 is 10.8 Å². The smallest absolute Gasteiger partial charge is 0.0384 e. The Morgan fingerprint density at radius 1 is 1.64 bits per heavy atom. The fourth-order valence-electron chi connectivity index (χ4n) is 1.15. The molecule has 4 heteroatoms. The average Bonchev–Trinajstić information content (AvgIpc) is 2.15. The van der Waals surface area contributed by atoms with E-state index in [1.807, 2.05) is 25.3 Å². The molecule has 1 aromatic rings. The number of hydrogen-bond donors (Lipinski definition) is 1. The lowest BCUT2D eigenvalue weighted by Crippen LogP contribution is -2.24. The lowest BCUT2D eigenvalue weighted by atomic mass is 10.2. The summed E-state index contributed by atoms with van der Waals surface area (Å²) in [4.78, 5) is 4.00. The zero-order valence-electron chi connectivity index (χ0n) is 8.35. The van der Waals surface area contributed by atoms with Crippen molar-refractivity contribution < 1.29 is 4.21 Å². The van der Waals surface area contributed by atoms with E-state index >= 15 is 0 Å². The van der Waals surface area contributed by atoms with E-state index in [0.29, 0.717) is 11.5 Å². The fourth-order valence-corrected chi connectivity index (χ4v) is 2.37. The Morgan fingerprint density at radius 3 is 3.00 bits per heavy atom. The number of hydrogen-bond acceptors (Lipinski definition) is 3. The zero-order valence-corrected chi connectivity index (χ0v) is 9.17. The lowest BCUT2D eigenvalue weighted by Gasteiger charge is -2.04. The van der Waals surface area contributed by atoms with Crippen LogP contribution in [-0.4, -0.2) is 26.7 Å². The first-order chi connectivity index (χ1) is 6.68. The molecule has 2 N–H and O–H groups in total. The van der Waals surface area contributed by atoms with Gasteiger partial charge < -0.3 is 5.73 Å². The van der Waals surface area contributed by atoms with Crippen LogP contribution in [0.1, 0.15) is 12.5 Å². The van der Waals surface area contributed by atoms with Gasteiger partial charge in [0.2, 0.25) is 0 Å². The molecule has 0 saturated heterocycles. The molecule has 2 unspecified atom stereocenters. The summed E-state index contributed by atoms with van der Waals surface area (Å²) in [5.41, 5.74) is 6.69. The highest BCUT2D eigenvalue weighted by Crippen LogP contribution is 1.99. The molecule has 0 aliphatic carbocycles. The van der Waals surface area contributed by atoms with Gasteiger partial charge in [-0.2, -0.15) is 0 Å². The molecule has 78 valence electrons. The number of nitrogens with two attached hydrogens (primary N) is 1. The molecule has 0 spiro atoms. The summed E-state index contributed by atoms with van der Waals surface area (Å²) in [6.07, 6.45) is 4.36. The lowest BCUT2D eigenvalue weighted by molar-refractivity contribution is 0.676. The summed E-state index contributed by atoms with van der Waals surface area (Å²) in [7, 11) is -0.803. The Bertz CT molecular complexity index is 287. The third kappa shape index (κ3) is 4.48. The van der Waals surface area contributed by atoms with Crippen LogP contribution in [0.5, 0.6) is 0 Å². The average molecular weight is 212 g/mol. The number of nitrogens with zero attached hydrogens (tertiary/aromatic N) is 1. The maximum atomic E-state index is 11.4. The summed E-state index contributed by atoms with van der Waals surface area (Å²) in [6, 6.07) is 3.91. The van der Waals surface area contributed by atoms with E-state index < -0.39 is 10.8 Å². The van der Waals surface area contributed by atoms with E-state index in [4.69, 9.17) is 5.73 Å². The van der Waals surface area contributed by atoms with Crippen LogP contribution in [0.4, 0.5) is 0 Å². The van der Waals surface area contributed by atoms with Gasteiger partial charge in [0.05, 0.1) is 0 Å². The summed E-state index contributed by atoms with van der Waals surface area (Å²) < 4.78 is 11.4. The molecule has 0 radical (unpaired) electrons. The molecule has 1 rings (SSSR count). The van der Waals surface area contributed by atoms with Crippen LogP contribution in [-0.2, 0) is 17.2 Å². The van der Waals surface area contributed by atoms with Gasteiger partial charge >= 0.3 is 0 Å². The monoisotopic (exact) mass is 212 g/mol. The van der Waals surface area contributed by atoms with E-state index in [-0.39, 0.29) is 6.04 Å². The first-order valence-electron chi connectivity index (χ1n) is 4.68. The van der Waals surface area contributed by atoms with Crippen LogP contribution in [0.15, 0.2) is 24.5 Å². The minimum absolute atomic E-state index is 0.0183. The predicted octanol–water partition coefficient (Wildman–Crippen LogP) is 0.720. The molecule has 0 amide bonds. The highest BCUT2D eigenvalue weighted by Gasteiger charge is 2.03. The number of pyridine rings is 1. The Morgan fingerprint density at radius 2 is 2.43 bits per heavy atom. The number of aromatic nitrogens is 1. The van der Waals surface area contributed by atoms with Crippen molar-refractivity contribution in [3.05, 3.63) is 30.1 Å². The van der Waals surface area contributed by atoms with Gasteiger partial charge in [-0.25, -0.2) is 0 Å². The molecule has 3 nitrogen and oxygen atoms in total. The summed E-state index contributed by atoms with van der Waals surface area (Å²) >= 11 is 0. The van der Waals surface area contributed by atoms with E-state index in [9.17, 15) is 4.21 Å². The van der Waals surface area contributed by atoms with E-state index in [1.54, 1.807) is 6.20 Å². The van der Waals surface area contributed by atoms with Crippen molar-refractivity contribution in [2.45, 2.75) is 19.4 Å². The molecule has 1 heterocycles. The molecule has 0 aliphatic rings. The van der Waals surface area contributed by atoms with Crippen LogP contribution in [0.25, 0.3) is 0 Å². The van der Waals surface area contributed by atoms with Crippen LogP contribution >= 0.6 is 0 Å². The quantitative estimate of drug-likeness (QED) is 0.782. The second kappa shape index (κ2) is 5.88. The Hall–Kier alpha value is -0.740. The van der Waals surface area contributed by atoms with Crippen molar-refractivity contribution in [1.29, 1.82) is 0 Å². The van der Waals surface area contributed by atoms with Crippen molar-refractivity contribution in [1.82, 2.24) is 4.98 Å². The van der Waals surface area contributed by atoms with Gasteiger partial charge in [0, 0.05) is 40.7 Å². The van der Waals surface area contributed by atoms with Gasteiger partial charge in [0.25, 0.3) is 0 Å². The Labute approximate surface area is 87.2 Å². The normalized spacial score (nSPS) is 15.0. The van der Waals surface area contributed by atoms with Crippen LogP contribution in [0.3, 0.4) is 0 Å². The fraction of sp³-hybridized carbons (Fsp3) is 0.500.